The molecule has 3 unspecified atom stereocenters. The fourth-order valence-electron chi connectivity index (χ4n) is 4.55. The number of hydrogen-bond acceptors (Lipinski definition) is 2. The molecule has 2 heteroatoms. The van der Waals surface area contributed by atoms with Crippen molar-refractivity contribution < 1.29 is 0 Å². The van der Waals surface area contributed by atoms with Crippen molar-refractivity contribution in [3.8, 4) is 0 Å². The van der Waals surface area contributed by atoms with Gasteiger partial charge in [0, 0.05) is 24.7 Å². The van der Waals surface area contributed by atoms with Gasteiger partial charge in [0.2, 0.25) is 0 Å². The van der Waals surface area contributed by atoms with Gasteiger partial charge in [0.15, 0.2) is 0 Å². The smallest absolute Gasteiger partial charge is 0.0113 e. The SMILES string of the molecule is CCNC1CC2CCCC(C1)N2CC1CC=CCC1. The van der Waals surface area contributed by atoms with Gasteiger partial charge in [-0.3, -0.25) is 4.90 Å². The molecule has 108 valence electrons. The first-order valence-corrected chi connectivity index (χ1v) is 8.51. The Morgan fingerprint density at radius 3 is 2.53 bits per heavy atom. The quantitative estimate of drug-likeness (QED) is 0.782. The second kappa shape index (κ2) is 6.41. The summed E-state index contributed by atoms with van der Waals surface area (Å²) in [5.41, 5.74) is 0. The highest BCUT2D eigenvalue weighted by Crippen LogP contribution is 2.35. The second-order valence-electron chi connectivity index (χ2n) is 6.81. The molecule has 0 aromatic heterocycles. The molecular weight excluding hydrogens is 232 g/mol. The lowest BCUT2D eigenvalue weighted by atomic mass is 9.80. The predicted octanol–water partition coefficient (Wildman–Crippen LogP) is 3.34. The molecule has 0 aromatic carbocycles. The molecule has 3 atom stereocenters. The Balaban J connectivity index is 1.60. The van der Waals surface area contributed by atoms with E-state index in [1.54, 1.807) is 0 Å². The third-order valence-corrected chi connectivity index (χ3v) is 5.47. The first kappa shape index (κ1) is 13.6. The summed E-state index contributed by atoms with van der Waals surface area (Å²) in [7, 11) is 0. The molecule has 0 amide bonds. The van der Waals surface area contributed by atoms with E-state index in [0.717, 1.165) is 30.6 Å². The third-order valence-electron chi connectivity index (χ3n) is 5.47. The maximum atomic E-state index is 3.70. The Morgan fingerprint density at radius 1 is 1.11 bits per heavy atom. The molecule has 2 bridgehead atoms. The van der Waals surface area contributed by atoms with Crippen LogP contribution in [0.15, 0.2) is 12.2 Å². The van der Waals surface area contributed by atoms with Crippen LogP contribution in [-0.2, 0) is 0 Å². The molecule has 0 saturated carbocycles. The minimum absolute atomic E-state index is 0.794. The van der Waals surface area contributed by atoms with Gasteiger partial charge in [-0.1, -0.05) is 25.5 Å². The van der Waals surface area contributed by atoms with E-state index in [4.69, 9.17) is 0 Å². The summed E-state index contributed by atoms with van der Waals surface area (Å²) in [6, 6.07) is 2.55. The average molecular weight is 262 g/mol. The average Bonchev–Trinajstić information content (AvgIpc) is 2.41. The molecule has 1 N–H and O–H groups in total. The van der Waals surface area contributed by atoms with Crippen molar-refractivity contribution in [1.82, 2.24) is 10.2 Å². The van der Waals surface area contributed by atoms with Crippen molar-refractivity contribution in [3.63, 3.8) is 0 Å². The van der Waals surface area contributed by atoms with Crippen molar-refractivity contribution in [1.29, 1.82) is 0 Å². The molecule has 2 fully saturated rings. The summed E-state index contributed by atoms with van der Waals surface area (Å²) in [5, 5.41) is 3.70. The van der Waals surface area contributed by atoms with Crippen LogP contribution in [0, 0.1) is 5.92 Å². The van der Waals surface area contributed by atoms with Gasteiger partial charge in [-0.2, -0.15) is 0 Å². The molecule has 1 aliphatic carbocycles. The van der Waals surface area contributed by atoms with Crippen LogP contribution in [-0.4, -0.2) is 36.1 Å². The molecule has 2 saturated heterocycles. The highest BCUT2D eigenvalue weighted by atomic mass is 15.2. The van der Waals surface area contributed by atoms with Crippen molar-refractivity contribution in [2.75, 3.05) is 13.1 Å². The van der Waals surface area contributed by atoms with Gasteiger partial charge >= 0.3 is 0 Å². The largest absolute Gasteiger partial charge is 0.314 e. The Kier molecular flexibility index (Phi) is 4.60. The summed E-state index contributed by atoms with van der Waals surface area (Å²) in [6.45, 7) is 4.76. The van der Waals surface area contributed by atoms with Crippen LogP contribution in [0.2, 0.25) is 0 Å². The van der Waals surface area contributed by atoms with Gasteiger partial charge in [0.05, 0.1) is 0 Å². The summed E-state index contributed by atoms with van der Waals surface area (Å²) in [4.78, 5) is 2.90. The number of rotatable bonds is 4. The van der Waals surface area contributed by atoms with E-state index in [2.05, 4.69) is 29.3 Å². The zero-order valence-electron chi connectivity index (χ0n) is 12.5. The second-order valence-corrected chi connectivity index (χ2v) is 6.81. The van der Waals surface area contributed by atoms with Crippen LogP contribution in [0.5, 0.6) is 0 Å². The third kappa shape index (κ3) is 3.22. The van der Waals surface area contributed by atoms with E-state index >= 15 is 0 Å². The Hall–Kier alpha value is -0.340. The van der Waals surface area contributed by atoms with Crippen LogP contribution in [0.1, 0.15) is 58.3 Å². The fraction of sp³-hybridized carbons (Fsp3) is 0.882. The Labute approximate surface area is 118 Å². The molecule has 0 spiro atoms. The van der Waals surface area contributed by atoms with Crippen LogP contribution in [0.25, 0.3) is 0 Å². The van der Waals surface area contributed by atoms with Crippen LogP contribution >= 0.6 is 0 Å². The van der Waals surface area contributed by atoms with Crippen LogP contribution in [0.3, 0.4) is 0 Å². The van der Waals surface area contributed by atoms with E-state index in [0.29, 0.717) is 0 Å². The lowest BCUT2D eigenvalue weighted by molar-refractivity contribution is 0.0115. The minimum atomic E-state index is 0.794. The topological polar surface area (TPSA) is 15.3 Å². The first-order chi connectivity index (χ1) is 9.36. The van der Waals surface area contributed by atoms with Crippen molar-refractivity contribution >= 4 is 0 Å². The van der Waals surface area contributed by atoms with E-state index < -0.39 is 0 Å². The molecule has 19 heavy (non-hydrogen) atoms. The van der Waals surface area contributed by atoms with E-state index in [-0.39, 0.29) is 0 Å². The summed E-state index contributed by atoms with van der Waals surface area (Å²) >= 11 is 0. The number of hydrogen-bond donors (Lipinski definition) is 1. The van der Waals surface area contributed by atoms with Crippen LogP contribution < -0.4 is 5.32 Å². The zero-order valence-corrected chi connectivity index (χ0v) is 12.5. The number of nitrogens with one attached hydrogen (secondary N) is 1. The number of nitrogens with zero attached hydrogens (tertiary/aromatic N) is 1. The number of fused-ring (bicyclic) bond motifs is 2. The molecule has 3 rings (SSSR count). The predicted molar refractivity (Wildman–Crippen MR) is 81.3 cm³/mol. The molecule has 2 heterocycles. The van der Waals surface area contributed by atoms with E-state index in [1.165, 1.54) is 57.9 Å². The van der Waals surface area contributed by atoms with E-state index in [9.17, 15) is 0 Å². The maximum absolute atomic E-state index is 3.70. The summed E-state index contributed by atoms with van der Waals surface area (Å²) in [6.07, 6.45) is 16.0. The van der Waals surface area contributed by atoms with Gasteiger partial charge < -0.3 is 5.32 Å². The number of piperidine rings is 2. The minimum Gasteiger partial charge on any atom is -0.314 e. The molecule has 2 nitrogen and oxygen atoms in total. The summed E-state index contributed by atoms with van der Waals surface area (Å²) < 4.78 is 0. The van der Waals surface area contributed by atoms with Gasteiger partial charge in [-0.15, -0.1) is 0 Å². The molecule has 2 aliphatic heterocycles. The van der Waals surface area contributed by atoms with Crippen molar-refractivity contribution in [3.05, 3.63) is 12.2 Å². The number of allylic oxidation sites excluding steroid dienone is 2. The van der Waals surface area contributed by atoms with Gasteiger partial charge in [-0.25, -0.2) is 0 Å². The van der Waals surface area contributed by atoms with Gasteiger partial charge in [0.25, 0.3) is 0 Å². The lowest BCUT2D eigenvalue weighted by Gasteiger charge is -2.50. The molecule has 0 radical (unpaired) electrons. The first-order valence-electron chi connectivity index (χ1n) is 8.51. The normalized spacial score (nSPS) is 39.4. The monoisotopic (exact) mass is 262 g/mol. The Morgan fingerprint density at radius 2 is 1.89 bits per heavy atom. The van der Waals surface area contributed by atoms with Crippen molar-refractivity contribution in [2.45, 2.75) is 76.4 Å². The van der Waals surface area contributed by atoms with Gasteiger partial charge in [0.1, 0.15) is 0 Å². The molecular formula is C17H30N2. The maximum Gasteiger partial charge on any atom is 0.0113 e. The standard InChI is InChI=1S/C17H30N2/c1-2-18-15-11-16-9-6-10-17(12-15)19(16)13-14-7-4-3-5-8-14/h3-4,14-18H,2,5-13H2,1H3. The lowest BCUT2D eigenvalue weighted by Crippen LogP contribution is -2.57. The zero-order chi connectivity index (χ0) is 13.1. The van der Waals surface area contributed by atoms with Crippen molar-refractivity contribution in [2.24, 2.45) is 5.92 Å². The van der Waals surface area contributed by atoms with Gasteiger partial charge in [-0.05, 0) is 57.4 Å². The highest BCUT2D eigenvalue weighted by molar-refractivity contribution is 4.97. The fourth-order valence-corrected chi connectivity index (χ4v) is 4.55. The molecule has 0 aromatic rings. The molecule has 3 aliphatic rings. The summed E-state index contributed by atoms with van der Waals surface area (Å²) in [5.74, 6) is 0.934. The Bertz CT molecular complexity index is 298. The van der Waals surface area contributed by atoms with Crippen LogP contribution in [0.4, 0.5) is 0 Å². The highest BCUT2D eigenvalue weighted by Gasteiger charge is 2.38. The van der Waals surface area contributed by atoms with E-state index in [1.807, 2.05) is 0 Å².